The first-order valence-corrected chi connectivity index (χ1v) is 4.83. The van der Waals surface area contributed by atoms with Crippen LogP contribution in [0.4, 0.5) is 0 Å². The quantitative estimate of drug-likeness (QED) is 0.608. The molecule has 0 aromatic carbocycles. The minimum atomic E-state index is -0.0521. The van der Waals surface area contributed by atoms with Crippen LogP contribution in [-0.2, 0) is 9.59 Å². The highest BCUT2D eigenvalue weighted by atomic mass is 16.2. The van der Waals surface area contributed by atoms with Crippen molar-refractivity contribution in [3.8, 4) is 0 Å². The fraction of sp³-hybridized carbons (Fsp3) is 0.800. The van der Waals surface area contributed by atoms with Crippen LogP contribution in [0, 0.1) is 5.92 Å². The molecule has 0 bridgehead atoms. The third-order valence-electron chi connectivity index (χ3n) is 2.09. The second-order valence-corrected chi connectivity index (χ2v) is 3.36. The Hall–Kier alpha value is -0.860. The number of nitrogens with zero attached hydrogens (tertiary/aromatic N) is 1. The Morgan fingerprint density at radius 1 is 1.15 bits per heavy atom. The predicted molar refractivity (Wildman–Crippen MR) is 52.4 cm³/mol. The smallest absolute Gasteiger partial charge is 0.230 e. The van der Waals surface area contributed by atoms with Crippen molar-refractivity contribution in [2.45, 2.75) is 34.1 Å². The maximum absolute atomic E-state index is 11.4. The van der Waals surface area contributed by atoms with Gasteiger partial charge in [0.1, 0.15) is 5.78 Å². The predicted octanol–water partition coefficient (Wildman–Crippen LogP) is 1.47. The van der Waals surface area contributed by atoms with Crippen LogP contribution in [-0.4, -0.2) is 29.7 Å². The minimum absolute atomic E-state index is 0.0249. The summed E-state index contributed by atoms with van der Waals surface area (Å²) in [5.41, 5.74) is 0. The molecule has 0 saturated heterocycles. The number of rotatable bonds is 5. The maximum Gasteiger partial charge on any atom is 0.230 e. The summed E-state index contributed by atoms with van der Waals surface area (Å²) in [4.78, 5) is 24.3. The molecule has 0 aliphatic heterocycles. The van der Waals surface area contributed by atoms with Crippen LogP contribution in [0.15, 0.2) is 0 Å². The molecule has 0 radical (unpaired) electrons. The largest absolute Gasteiger partial charge is 0.343 e. The van der Waals surface area contributed by atoms with Gasteiger partial charge in [-0.25, -0.2) is 0 Å². The van der Waals surface area contributed by atoms with Crippen LogP contribution in [0.3, 0.4) is 0 Å². The van der Waals surface area contributed by atoms with Crippen molar-refractivity contribution in [2.75, 3.05) is 13.1 Å². The molecule has 0 N–H and O–H groups in total. The van der Waals surface area contributed by atoms with E-state index in [1.54, 1.807) is 4.90 Å². The fourth-order valence-electron chi connectivity index (χ4n) is 1.04. The molecule has 0 unspecified atom stereocenters. The molecule has 0 fully saturated rings. The first-order chi connectivity index (χ1) is 6.02. The highest BCUT2D eigenvalue weighted by Gasteiger charge is 2.16. The van der Waals surface area contributed by atoms with Gasteiger partial charge in [-0.05, 0) is 13.8 Å². The molecule has 3 nitrogen and oxygen atoms in total. The van der Waals surface area contributed by atoms with Gasteiger partial charge in [0.05, 0.1) is 6.42 Å². The number of amides is 1. The Kier molecular flexibility index (Phi) is 5.35. The summed E-state index contributed by atoms with van der Waals surface area (Å²) in [6.45, 7) is 8.83. The van der Waals surface area contributed by atoms with Crippen molar-refractivity contribution in [1.29, 1.82) is 0 Å². The van der Waals surface area contributed by atoms with Crippen LogP contribution in [0.5, 0.6) is 0 Å². The molecule has 0 aliphatic rings. The van der Waals surface area contributed by atoms with Gasteiger partial charge in [-0.2, -0.15) is 0 Å². The molecular weight excluding hydrogens is 166 g/mol. The van der Waals surface area contributed by atoms with Crippen LogP contribution in [0.1, 0.15) is 34.1 Å². The molecule has 3 heteroatoms. The molecule has 76 valence electrons. The highest BCUT2D eigenvalue weighted by molar-refractivity contribution is 5.98. The first kappa shape index (κ1) is 12.1. The summed E-state index contributed by atoms with van der Waals surface area (Å²) < 4.78 is 0. The Balaban J connectivity index is 4.06. The molecule has 0 spiro atoms. The molecule has 0 saturated carbocycles. The van der Waals surface area contributed by atoms with Crippen molar-refractivity contribution in [2.24, 2.45) is 5.92 Å². The normalized spacial score (nSPS) is 10.2. The van der Waals surface area contributed by atoms with E-state index >= 15 is 0 Å². The molecule has 0 aromatic rings. The van der Waals surface area contributed by atoms with E-state index in [1.807, 2.05) is 27.7 Å². The second-order valence-electron chi connectivity index (χ2n) is 3.36. The van der Waals surface area contributed by atoms with E-state index in [9.17, 15) is 9.59 Å². The number of carbonyl (C=O) groups is 2. The summed E-state index contributed by atoms with van der Waals surface area (Å²) in [5, 5.41) is 0. The van der Waals surface area contributed by atoms with E-state index in [-0.39, 0.29) is 24.0 Å². The molecule has 0 aromatic heterocycles. The molecule has 1 amide bonds. The van der Waals surface area contributed by atoms with Crippen molar-refractivity contribution < 1.29 is 9.59 Å². The van der Waals surface area contributed by atoms with Gasteiger partial charge in [0, 0.05) is 19.0 Å². The molecule has 0 heterocycles. The first-order valence-electron chi connectivity index (χ1n) is 4.83. The van der Waals surface area contributed by atoms with E-state index in [4.69, 9.17) is 0 Å². The van der Waals surface area contributed by atoms with Gasteiger partial charge in [-0.3, -0.25) is 9.59 Å². The lowest BCUT2D eigenvalue weighted by atomic mass is 10.1. The monoisotopic (exact) mass is 185 g/mol. The summed E-state index contributed by atoms with van der Waals surface area (Å²) in [7, 11) is 0. The second kappa shape index (κ2) is 5.73. The third kappa shape index (κ3) is 4.06. The van der Waals surface area contributed by atoms with Crippen LogP contribution in [0.25, 0.3) is 0 Å². The number of hydrogen-bond donors (Lipinski definition) is 0. The Bertz CT molecular complexity index is 183. The SMILES string of the molecule is CCN(CC)C(=O)CC(=O)C(C)C. The number of carbonyl (C=O) groups excluding carboxylic acids is 2. The number of hydrogen-bond acceptors (Lipinski definition) is 2. The average molecular weight is 185 g/mol. The van der Waals surface area contributed by atoms with Crippen LogP contribution in [0.2, 0.25) is 0 Å². The van der Waals surface area contributed by atoms with E-state index in [2.05, 4.69) is 0 Å². The lowest BCUT2D eigenvalue weighted by molar-refractivity contribution is -0.136. The Morgan fingerprint density at radius 3 is 1.92 bits per heavy atom. The van der Waals surface area contributed by atoms with Gasteiger partial charge in [-0.15, -0.1) is 0 Å². The average Bonchev–Trinajstić information content (AvgIpc) is 2.06. The van der Waals surface area contributed by atoms with Gasteiger partial charge < -0.3 is 4.90 Å². The zero-order valence-corrected chi connectivity index (χ0v) is 8.96. The zero-order chi connectivity index (χ0) is 10.4. The van der Waals surface area contributed by atoms with Crippen molar-refractivity contribution in [1.82, 2.24) is 4.90 Å². The fourth-order valence-corrected chi connectivity index (χ4v) is 1.04. The van der Waals surface area contributed by atoms with Gasteiger partial charge >= 0.3 is 0 Å². The molecular formula is C10H19NO2. The number of ketones is 1. The maximum atomic E-state index is 11.4. The van der Waals surface area contributed by atoms with Crippen LogP contribution < -0.4 is 0 Å². The molecule has 0 atom stereocenters. The Morgan fingerprint density at radius 2 is 1.62 bits per heavy atom. The Labute approximate surface area is 80.1 Å². The van der Waals surface area contributed by atoms with E-state index in [1.165, 1.54) is 0 Å². The lowest BCUT2D eigenvalue weighted by Gasteiger charge is -2.18. The highest BCUT2D eigenvalue weighted by Crippen LogP contribution is 2.02. The summed E-state index contributed by atoms with van der Waals surface area (Å²) in [5.74, 6) is -0.0693. The van der Waals surface area contributed by atoms with E-state index < -0.39 is 0 Å². The van der Waals surface area contributed by atoms with Gasteiger partial charge in [0.25, 0.3) is 0 Å². The summed E-state index contributed by atoms with van der Waals surface area (Å²) in [6.07, 6.45) is 0.0549. The zero-order valence-electron chi connectivity index (χ0n) is 8.96. The topological polar surface area (TPSA) is 37.4 Å². The van der Waals surface area contributed by atoms with Gasteiger partial charge in [0.15, 0.2) is 0 Å². The summed E-state index contributed by atoms with van der Waals surface area (Å²) >= 11 is 0. The van der Waals surface area contributed by atoms with Crippen molar-refractivity contribution in [3.63, 3.8) is 0 Å². The van der Waals surface area contributed by atoms with E-state index in [0.29, 0.717) is 13.1 Å². The van der Waals surface area contributed by atoms with Gasteiger partial charge in [0.2, 0.25) is 5.91 Å². The molecule has 0 rings (SSSR count). The number of Topliss-reactive ketones (excluding diaryl/α,β-unsaturated/α-hetero) is 1. The van der Waals surface area contributed by atoms with Gasteiger partial charge in [-0.1, -0.05) is 13.8 Å². The van der Waals surface area contributed by atoms with Crippen molar-refractivity contribution in [3.05, 3.63) is 0 Å². The third-order valence-corrected chi connectivity index (χ3v) is 2.09. The van der Waals surface area contributed by atoms with Crippen LogP contribution >= 0.6 is 0 Å². The summed E-state index contributed by atoms with van der Waals surface area (Å²) in [6, 6.07) is 0. The molecule has 0 aliphatic carbocycles. The standard InChI is InChI=1S/C10H19NO2/c1-5-11(6-2)10(13)7-9(12)8(3)4/h8H,5-7H2,1-4H3. The minimum Gasteiger partial charge on any atom is -0.343 e. The van der Waals surface area contributed by atoms with Crippen molar-refractivity contribution >= 4 is 11.7 Å². The molecule has 13 heavy (non-hydrogen) atoms. The van der Waals surface area contributed by atoms with E-state index in [0.717, 1.165) is 0 Å². The lowest BCUT2D eigenvalue weighted by Crippen LogP contribution is -2.32.